The number of aromatic nitrogens is 1. The van der Waals surface area contributed by atoms with Gasteiger partial charge in [-0.25, -0.2) is 4.98 Å². The molecule has 0 atom stereocenters. The molecule has 1 aliphatic heterocycles. The molecule has 1 aromatic rings. The van der Waals surface area contributed by atoms with Crippen LogP contribution in [0, 0.1) is 0 Å². The zero-order valence-electron chi connectivity index (χ0n) is 10.5. The van der Waals surface area contributed by atoms with Crippen molar-refractivity contribution in [1.29, 1.82) is 0 Å². The molecule has 0 aromatic carbocycles. The highest BCUT2D eigenvalue weighted by Crippen LogP contribution is 2.23. The van der Waals surface area contributed by atoms with Crippen LogP contribution in [0.25, 0.3) is 0 Å². The number of nitrogens with one attached hydrogen (secondary N) is 1. The molecule has 0 radical (unpaired) electrons. The predicted octanol–water partition coefficient (Wildman–Crippen LogP) is 2.56. The number of anilines is 1. The fourth-order valence-corrected chi connectivity index (χ4v) is 3.73. The molecule has 0 aliphatic carbocycles. The van der Waals surface area contributed by atoms with Crippen molar-refractivity contribution in [3.05, 3.63) is 11.1 Å². The first kappa shape index (κ1) is 13.7. The Morgan fingerprint density at radius 2 is 2.33 bits per heavy atom. The Bertz CT molecular complexity index is 389. The SMILES string of the molecule is CCOC(=O)Cc1csc(NC2CCSCC2)n1. The van der Waals surface area contributed by atoms with E-state index in [4.69, 9.17) is 4.74 Å². The molecule has 1 aromatic heterocycles. The first-order chi connectivity index (χ1) is 8.78. The molecule has 18 heavy (non-hydrogen) atoms. The van der Waals surface area contributed by atoms with Gasteiger partial charge in [0.2, 0.25) is 0 Å². The van der Waals surface area contributed by atoms with Gasteiger partial charge in [0.25, 0.3) is 0 Å². The maximum atomic E-state index is 11.3. The van der Waals surface area contributed by atoms with Crippen LogP contribution < -0.4 is 5.32 Å². The van der Waals surface area contributed by atoms with Gasteiger partial charge in [0.05, 0.1) is 18.7 Å². The number of rotatable bonds is 5. The maximum Gasteiger partial charge on any atom is 0.311 e. The van der Waals surface area contributed by atoms with Gasteiger partial charge in [-0.2, -0.15) is 11.8 Å². The largest absolute Gasteiger partial charge is 0.466 e. The Morgan fingerprint density at radius 3 is 3.06 bits per heavy atom. The highest BCUT2D eigenvalue weighted by molar-refractivity contribution is 7.99. The Hall–Kier alpha value is -0.750. The van der Waals surface area contributed by atoms with Crippen LogP contribution in [0.2, 0.25) is 0 Å². The molecule has 1 fully saturated rings. The molecule has 0 bridgehead atoms. The quantitative estimate of drug-likeness (QED) is 0.843. The lowest BCUT2D eigenvalue weighted by molar-refractivity contribution is -0.142. The minimum Gasteiger partial charge on any atom is -0.466 e. The molecule has 0 spiro atoms. The van der Waals surface area contributed by atoms with E-state index in [1.165, 1.54) is 24.3 Å². The van der Waals surface area contributed by atoms with E-state index in [9.17, 15) is 4.79 Å². The second-order valence-electron chi connectivity index (χ2n) is 4.16. The number of nitrogens with zero attached hydrogens (tertiary/aromatic N) is 1. The zero-order chi connectivity index (χ0) is 12.8. The van der Waals surface area contributed by atoms with E-state index >= 15 is 0 Å². The molecule has 2 rings (SSSR count). The van der Waals surface area contributed by atoms with E-state index in [1.807, 2.05) is 24.1 Å². The summed E-state index contributed by atoms with van der Waals surface area (Å²) in [6.07, 6.45) is 2.65. The fraction of sp³-hybridized carbons (Fsp3) is 0.667. The van der Waals surface area contributed by atoms with Gasteiger partial charge in [0.1, 0.15) is 0 Å². The van der Waals surface area contributed by atoms with Crippen LogP contribution in [0.4, 0.5) is 5.13 Å². The van der Waals surface area contributed by atoms with Gasteiger partial charge in [-0.15, -0.1) is 11.3 Å². The Kier molecular flexibility index (Phi) is 5.31. The van der Waals surface area contributed by atoms with Gasteiger partial charge >= 0.3 is 5.97 Å². The summed E-state index contributed by atoms with van der Waals surface area (Å²) < 4.78 is 4.91. The van der Waals surface area contributed by atoms with Crippen molar-refractivity contribution >= 4 is 34.2 Å². The van der Waals surface area contributed by atoms with Crippen molar-refractivity contribution in [2.45, 2.75) is 32.2 Å². The molecule has 1 N–H and O–H groups in total. The summed E-state index contributed by atoms with van der Waals surface area (Å²) in [5.41, 5.74) is 0.797. The minimum absolute atomic E-state index is 0.205. The van der Waals surface area contributed by atoms with Crippen LogP contribution in [0.1, 0.15) is 25.5 Å². The summed E-state index contributed by atoms with van der Waals surface area (Å²) in [5.74, 6) is 2.24. The first-order valence-electron chi connectivity index (χ1n) is 6.22. The third kappa shape index (κ3) is 4.17. The van der Waals surface area contributed by atoms with Crippen molar-refractivity contribution in [2.24, 2.45) is 0 Å². The standard InChI is InChI=1S/C12H18N2O2S2/c1-2-16-11(15)7-10-8-18-12(14-10)13-9-3-5-17-6-4-9/h8-9H,2-7H2,1H3,(H,13,14). The molecular formula is C12H18N2O2S2. The molecular weight excluding hydrogens is 268 g/mol. The number of carbonyl (C=O) groups excluding carboxylic acids is 1. The molecule has 1 aliphatic rings. The van der Waals surface area contributed by atoms with Crippen LogP contribution in [0.5, 0.6) is 0 Å². The van der Waals surface area contributed by atoms with Gasteiger partial charge in [-0.1, -0.05) is 0 Å². The Balaban J connectivity index is 1.83. The lowest BCUT2D eigenvalue weighted by Gasteiger charge is -2.21. The molecule has 0 saturated carbocycles. The fourth-order valence-electron chi connectivity index (χ4n) is 1.83. The van der Waals surface area contributed by atoms with E-state index in [2.05, 4.69) is 10.3 Å². The number of ether oxygens (including phenoxy) is 1. The lowest BCUT2D eigenvalue weighted by atomic mass is 10.2. The monoisotopic (exact) mass is 286 g/mol. The van der Waals surface area contributed by atoms with E-state index in [1.54, 1.807) is 11.3 Å². The average Bonchev–Trinajstić information content (AvgIpc) is 2.78. The molecule has 4 nitrogen and oxygen atoms in total. The van der Waals surface area contributed by atoms with Gasteiger partial charge in [0, 0.05) is 11.4 Å². The number of carbonyl (C=O) groups is 1. The van der Waals surface area contributed by atoms with Gasteiger partial charge < -0.3 is 10.1 Å². The third-order valence-corrected chi connectivity index (χ3v) is 4.60. The highest BCUT2D eigenvalue weighted by Gasteiger charge is 2.15. The number of hydrogen-bond donors (Lipinski definition) is 1. The topological polar surface area (TPSA) is 51.2 Å². The minimum atomic E-state index is -0.205. The summed E-state index contributed by atoms with van der Waals surface area (Å²) in [5, 5.41) is 6.30. The first-order valence-corrected chi connectivity index (χ1v) is 8.25. The summed E-state index contributed by atoms with van der Waals surface area (Å²) in [4.78, 5) is 15.8. The zero-order valence-corrected chi connectivity index (χ0v) is 12.1. The molecule has 100 valence electrons. The predicted molar refractivity (Wildman–Crippen MR) is 76.4 cm³/mol. The number of hydrogen-bond acceptors (Lipinski definition) is 6. The number of thiazole rings is 1. The van der Waals surface area contributed by atoms with Crippen LogP contribution in [0.15, 0.2) is 5.38 Å². The normalized spacial score (nSPS) is 16.5. The van der Waals surface area contributed by atoms with Crippen LogP contribution in [0.3, 0.4) is 0 Å². The second kappa shape index (κ2) is 6.99. The molecule has 1 saturated heterocycles. The van der Waals surface area contributed by atoms with Crippen LogP contribution in [-0.2, 0) is 16.0 Å². The lowest BCUT2D eigenvalue weighted by Crippen LogP contribution is -2.24. The Morgan fingerprint density at radius 1 is 1.56 bits per heavy atom. The third-order valence-electron chi connectivity index (χ3n) is 2.73. The number of thioether (sulfide) groups is 1. The molecule has 2 heterocycles. The van der Waals surface area contributed by atoms with Crippen molar-refractivity contribution < 1.29 is 9.53 Å². The molecule has 0 unspecified atom stereocenters. The summed E-state index contributed by atoms with van der Waals surface area (Å²) in [6.45, 7) is 2.24. The molecule has 0 amide bonds. The van der Waals surface area contributed by atoms with Crippen molar-refractivity contribution in [2.75, 3.05) is 23.4 Å². The average molecular weight is 286 g/mol. The maximum absolute atomic E-state index is 11.3. The van der Waals surface area contributed by atoms with E-state index < -0.39 is 0 Å². The summed E-state index contributed by atoms with van der Waals surface area (Å²) in [7, 11) is 0. The molecule has 6 heteroatoms. The van der Waals surface area contributed by atoms with Crippen molar-refractivity contribution in [3.8, 4) is 0 Å². The van der Waals surface area contributed by atoms with E-state index in [-0.39, 0.29) is 12.4 Å². The summed E-state index contributed by atoms with van der Waals surface area (Å²) >= 11 is 3.58. The summed E-state index contributed by atoms with van der Waals surface area (Å²) in [6, 6.07) is 0.535. The van der Waals surface area contributed by atoms with E-state index in [0.717, 1.165) is 10.8 Å². The van der Waals surface area contributed by atoms with Crippen molar-refractivity contribution in [1.82, 2.24) is 4.98 Å². The van der Waals surface area contributed by atoms with E-state index in [0.29, 0.717) is 12.6 Å². The van der Waals surface area contributed by atoms with Gasteiger partial charge in [0.15, 0.2) is 5.13 Å². The highest BCUT2D eigenvalue weighted by atomic mass is 32.2. The van der Waals surface area contributed by atoms with Gasteiger partial charge in [-0.3, -0.25) is 4.79 Å². The Labute approximate surface area is 116 Å². The second-order valence-corrected chi connectivity index (χ2v) is 6.24. The number of esters is 1. The smallest absolute Gasteiger partial charge is 0.311 e. The van der Waals surface area contributed by atoms with Crippen molar-refractivity contribution in [3.63, 3.8) is 0 Å². The van der Waals surface area contributed by atoms with Crippen LogP contribution >= 0.6 is 23.1 Å². The van der Waals surface area contributed by atoms with Crippen LogP contribution in [-0.4, -0.2) is 35.1 Å². The van der Waals surface area contributed by atoms with Gasteiger partial charge in [-0.05, 0) is 31.3 Å².